The number of hydrogen-bond acceptors (Lipinski definition) is 5. The van der Waals surface area contributed by atoms with E-state index < -0.39 is 16.1 Å². The maximum absolute atomic E-state index is 11.7. The molecule has 0 bridgehead atoms. The van der Waals surface area contributed by atoms with E-state index in [1.54, 1.807) is 0 Å². The summed E-state index contributed by atoms with van der Waals surface area (Å²) in [6.45, 7) is 1.16. The Balaban J connectivity index is 3.49. The molecular weight excluding hydrogens is 360 g/mol. The van der Waals surface area contributed by atoms with Gasteiger partial charge in [0.25, 0.3) is 10.1 Å². The molecule has 0 saturated carbocycles. The second-order valence-corrected chi connectivity index (χ2v) is 8.98. The van der Waals surface area contributed by atoms with Gasteiger partial charge in [0.05, 0.1) is 32.4 Å². The van der Waals surface area contributed by atoms with E-state index in [1.807, 2.05) is 14.1 Å². The molecule has 2 N–H and O–H groups in total. The first-order valence-electron chi connectivity index (χ1n) is 9.25. The van der Waals surface area contributed by atoms with Gasteiger partial charge in [0, 0.05) is 19.4 Å². The average Bonchev–Trinajstić information content (AvgIpc) is 2.47. The van der Waals surface area contributed by atoms with E-state index in [0.717, 1.165) is 44.9 Å². The van der Waals surface area contributed by atoms with Gasteiger partial charge in [-0.15, -0.1) is 0 Å². The Labute approximate surface area is 157 Å². The van der Waals surface area contributed by atoms with E-state index in [0.29, 0.717) is 30.4 Å². The SMILES string of the molecule is C[N+](C)(CCCNC(=O)CCCCCCCCCS(=O)(=O)O)CC(=O)[O-]. The van der Waals surface area contributed by atoms with Crippen molar-refractivity contribution < 1.29 is 32.1 Å². The summed E-state index contributed by atoms with van der Waals surface area (Å²) in [7, 11) is -0.193. The number of nitrogens with zero attached hydrogens (tertiary/aromatic N) is 1. The molecule has 0 aromatic rings. The lowest BCUT2D eigenvalue weighted by atomic mass is 10.1. The van der Waals surface area contributed by atoms with Crippen LogP contribution in [0.5, 0.6) is 0 Å². The van der Waals surface area contributed by atoms with Gasteiger partial charge in [-0.1, -0.05) is 32.1 Å². The zero-order valence-electron chi connectivity index (χ0n) is 16.0. The number of carboxylic acid groups (broad SMARTS) is 1. The van der Waals surface area contributed by atoms with Crippen LogP contribution in [0.2, 0.25) is 0 Å². The fourth-order valence-electron chi connectivity index (χ4n) is 2.71. The molecular formula is C17H34N2O6S. The summed E-state index contributed by atoms with van der Waals surface area (Å²) in [5, 5.41) is 13.5. The molecule has 0 aromatic heterocycles. The van der Waals surface area contributed by atoms with Crippen LogP contribution in [-0.2, 0) is 19.7 Å². The fraction of sp³-hybridized carbons (Fsp3) is 0.882. The third-order valence-corrected chi connectivity index (χ3v) is 4.93. The predicted octanol–water partition coefficient (Wildman–Crippen LogP) is 0.328. The van der Waals surface area contributed by atoms with Crippen LogP contribution in [0.15, 0.2) is 0 Å². The molecule has 154 valence electrons. The second kappa shape index (κ2) is 13.1. The number of rotatable bonds is 16. The third kappa shape index (κ3) is 17.6. The lowest BCUT2D eigenvalue weighted by Gasteiger charge is -2.30. The molecule has 0 fully saturated rings. The Hall–Kier alpha value is -1.19. The summed E-state index contributed by atoms with van der Waals surface area (Å²) in [4.78, 5) is 22.3. The molecule has 0 aliphatic carbocycles. The van der Waals surface area contributed by atoms with Crippen molar-refractivity contribution >= 4 is 22.0 Å². The number of quaternary nitrogens is 1. The van der Waals surface area contributed by atoms with Gasteiger partial charge in [-0.05, 0) is 12.8 Å². The number of hydrogen-bond donors (Lipinski definition) is 2. The van der Waals surface area contributed by atoms with E-state index in [2.05, 4.69) is 5.32 Å². The number of carbonyl (C=O) groups is 2. The predicted molar refractivity (Wildman–Crippen MR) is 97.8 cm³/mol. The average molecular weight is 395 g/mol. The minimum atomic E-state index is -3.83. The molecule has 1 amide bonds. The van der Waals surface area contributed by atoms with Crippen LogP contribution in [-0.4, -0.2) is 68.8 Å². The summed E-state index contributed by atoms with van der Waals surface area (Å²) in [6, 6.07) is 0. The zero-order chi connectivity index (χ0) is 20.1. The fourth-order valence-corrected chi connectivity index (χ4v) is 3.27. The van der Waals surface area contributed by atoms with Crippen molar-refractivity contribution in [3.8, 4) is 0 Å². The van der Waals surface area contributed by atoms with Gasteiger partial charge in [0.15, 0.2) is 0 Å². The minimum Gasteiger partial charge on any atom is -0.544 e. The van der Waals surface area contributed by atoms with Gasteiger partial charge in [-0.2, -0.15) is 8.42 Å². The first-order valence-corrected chi connectivity index (χ1v) is 10.9. The molecule has 8 nitrogen and oxygen atoms in total. The normalized spacial score (nSPS) is 12.1. The molecule has 0 atom stereocenters. The van der Waals surface area contributed by atoms with Crippen molar-refractivity contribution in [2.75, 3.05) is 39.5 Å². The standard InChI is InChI=1S/C17H34N2O6S/c1-19(2,15-17(21)22)13-10-12-18-16(20)11-8-6-4-3-5-7-9-14-26(23,24)25/h3-15H2,1-2H3,(H2-,18,20,21,22,23,24,25). The number of carboxylic acids is 1. The van der Waals surface area contributed by atoms with Gasteiger partial charge < -0.3 is 19.7 Å². The molecule has 0 aliphatic heterocycles. The van der Waals surface area contributed by atoms with Crippen LogP contribution < -0.4 is 10.4 Å². The van der Waals surface area contributed by atoms with Crippen LogP contribution in [0.25, 0.3) is 0 Å². The first-order chi connectivity index (χ1) is 12.0. The molecule has 9 heteroatoms. The number of likely N-dealkylation sites (N-methyl/N-ethyl adjacent to an activating group) is 1. The van der Waals surface area contributed by atoms with Gasteiger partial charge in [-0.25, -0.2) is 0 Å². The molecule has 26 heavy (non-hydrogen) atoms. The number of aliphatic carboxylic acids is 1. The molecule has 0 spiro atoms. The number of nitrogens with one attached hydrogen (secondary N) is 1. The Morgan fingerprint density at radius 1 is 0.962 bits per heavy atom. The summed E-state index contributed by atoms with van der Waals surface area (Å²) in [5.74, 6) is -1.22. The summed E-state index contributed by atoms with van der Waals surface area (Å²) >= 11 is 0. The molecule has 0 saturated heterocycles. The Kier molecular flexibility index (Phi) is 12.5. The van der Waals surface area contributed by atoms with Crippen molar-refractivity contribution in [2.45, 2.75) is 57.8 Å². The van der Waals surface area contributed by atoms with Crippen molar-refractivity contribution in [3.05, 3.63) is 0 Å². The summed E-state index contributed by atoms with van der Waals surface area (Å²) in [6.07, 6.45) is 7.20. The van der Waals surface area contributed by atoms with Crippen LogP contribution in [0.4, 0.5) is 0 Å². The third-order valence-electron chi connectivity index (χ3n) is 4.13. The maximum atomic E-state index is 11.7. The Bertz CT molecular complexity index is 519. The van der Waals surface area contributed by atoms with E-state index in [9.17, 15) is 23.1 Å². The highest BCUT2D eigenvalue weighted by Crippen LogP contribution is 2.09. The van der Waals surface area contributed by atoms with Crippen LogP contribution in [0.3, 0.4) is 0 Å². The number of unbranched alkanes of at least 4 members (excludes halogenated alkanes) is 6. The van der Waals surface area contributed by atoms with E-state index >= 15 is 0 Å². The lowest BCUT2D eigenvalue weighted by molar-refractivity contribution is -0.884. The highest BCUT2D eigenvalue weighted by Gasteiger charge is 2.14. The highest BCUT2D eigenvalue weighted by molar-refractivity contribution is 7.85. The van der Waals surface area contributed by atoms with Gasteiger partial charge >= 0.3 is 0 Å². The maximum Gasteiger partial charge on any atom is 0.264 e. The Morgan fingerprint density at radius 3 is 2.04 bits per heavy atom. The zero-order valence-corrected chi connectivity index (χ0v) is 16.9. The minimum absolute atomic E-state index is 0.0170. The summed E-state index contributed by atoms with van der Waals surface area (Å²) < 4.78 is 30.0. The largest absolute Gasteiger partial charge is 0.544 e. The monoisotopic (exact) mass is 394 g/mol. The quantitative estimate of drug-likeness (QED) is 0.221. The molecule has 0 radical (unpaired) electrons. The van der Waals surface area contributed by atoms with E-state index in [4.69, 9.17) is 4.55 Å². The molecule has 0 rings (SSSR count). The van der Waals surface area contributed by atoms with Crippen LogP contribution in [0, 0.1) is 0 Å². The summed E-state index contributed by atoms with van der Waals surface area (Å²) in [5.41, 5.74) is 0. The first kappa shape index (κ1) is 24.8. The lowest BCUT2D eigenvalue weighted by Crippen LogP contribution is -2.49. The number of amides is 1. The second-order valence-electron chi connectivity index (χ2n) is 7.40. The Morgan fingerprint density at radius 2 is 1.50 bits per heavy atom. The molecule has 0 heterocycles. The smallest absolute Gasteiger partial charge is 0.264 e. The van der Waals surface area contributed by atoms with E-state index in [-0.39, 0.29) is 18.2 Å². The van der Waals surface area contributed by atoms with Gasteiger partial charge in [-0.3, -0.25) is 9.35 Å². The number of carbonyl (C=O) groups excluding carboxylic acids is 2. The van der Waals surface area contributed by atoms with Crippen molar-refractivity contribution in [1.29, 1.82) is 0 Å². The highest BCUT2D eigenvalue weighted by atomic mass is 32.2. The molecule has 0 aliphatic rings. The van der Waals surface area contributed by atoms with Crippen molar-refractivity contribution in [2.24, 2.45) is 0 Å². The molecule has 0 aromatic carbocycles. The topological polar surface area (TPSA) is 124 Å². The molecule has 0 unspecified atom stereocenters. The van der Waals surface area contributed by atoms with E-state index in [1.165, 1.54) is 0 Å². The van der Waals surface area contributed by atoms with Crippen LogP contribution in [0.1, 0.15) is 57.8 Å². The van der Waals surface area contributed by atoms with Crippen molar-refractivity contribution in [3.63, 3.8) is 0 Å². The van der Waals surface area contributed by atoms with Gasteiger partial charge in [0.1, 0.15) is 6.54 Å². The van der Waals surface area contributed by atoms with Crippen LogP contribution >= 0.6 is 0 Å². The van der Waals surface area contributed by atoms with Gasteiger partial charge in [0.2, 0.25) is 5.91 Å². The van der Waals surface area contributed by atoms with Crippen molar-refractivity contribution in [1.82, 2.24) is 5.32 Å².